The van der Waals surface area contributed by atoms with Gasteiger partial charge < -0.3 is 9.80 Å². The summed E-state index contributed by atoms with van der Waals surface area (Å²) in [6.07, 6.45) is 7.77. The van der Waals surface area contributed by atoms with Gasteiger partial charge in [0, 0.05) is 32.1 Å². The van der Waals surface area contributed by atoms with E-state index >= 15 is 0 Å². The second-order valence-corrected chi connectivity index (χ2v) is 9.31. The van der Waals surface area contributed by atoms with Crippen molar-refractivity contribution < 1.29 is 9.59 Å². The first-order valence-corrected chi connectivity index (χ1v) is 10.7. The average molecular weight is 397 g/mol. The van der Waals surface area contributed by atoms with Crippen LogP contribution in [0.4, 0.5) is 9.93 Å². The number of urea groups is 1. The van der Waals surface area contributed by atoms with Crippen LogP contribution in [0.5, 0.6) is 0 Å². The van der Waals surface area contributed by atoms with Crippen LogP contribution in [0.15, 0.2) is 10.4 Å². The molecule has 3 amide bonds. The van der Waals surface area contributed by atoms with Crippen LogP contribution >= 0.6 is 24.0 Å². The third kappa shape index (κ3) is 4.71. The fourth-order valence-corrected chi connectivity index (χ4v) is 4.95. The van der Waals surface area contributed by atoms with Crippen LogP contribution in [0.2, 0.25) is 0 Å². The van der Waals surface area contributed by atoms with Gasteiger partial charge in [0.25, 0.3) is 0 Å². The lowest BCUT2D eigenvalue weighted by molar-refractivity contribution is -0.130. The molecule has 1 aromatic heterocycles. The second-order valence-electron chi connectivity index (χ2n) is 7.49. The highest BCUT2D eigenvalue weighted by Crippen LogP contribution is 2.31. The van der Waals surface area contributed by atoms with E-state index in [4.69, 9.17) is 0 Å². The van der Waals surface area contributed by atoms with Crippen molar-refractivity contribution >= 4 is 41.0 Å². The molecule has 1 aliphatic carbocycles. The molecule has 1 saturated heterocycles. The fourth-order valence-electron chi connectivity index (χ4n) is 4.09. The summed E-state index contributed by atoms with van der Waals surface area (Å²) in [5.74, 6) is 0.858. The smallest absolute Gasteiger partial charge is 0.324 e. The van der Waals surface area contributed by atoms with E-state index < -0.39 is 0 Å². The Hall–Kier alpha value is -1.28. The van der Waals surface area contributed by atoms with Gasteiger partial charge in [0.1, 0.15) is 0 Å². The number of piperidine rings is 1. The Kier molecular flexibility index (Phi) is 6.45. The first-order valence-electron chi connectivity index (χ1n) is 9.43. The van der Waals surface area contributed by atoms with Gasteiger partial charge in [0.05, 0.1) is 10.4 Å². The van der Waals surface area contributed by atoms with Gasteiger partial charge >= 0.3 is 6.03 Å². The highest BCUT2D eigenvalue weighted by molar-refractivity contribution is 7.83. The van der Waals surface area contributed by atoms with Crippen LogP contribution in [-0.4, -0.2) is 51.9 Å². The van der Waals surface area contributed by atoms with Crippen molar-refractivity contribution in [2.45, 2.75) is 68.7 Å². The van der Waals surface area contributed by atoms with Crippen molar-refractivity contribution in [2.75, 3.05) is 18.4 Å². The topological polar surface area (TPSA) is 65.5 Å². The van der Waals surface area contributed by atoms with Crippen LogP contribution in [0.3, 0.4) is 0 Å². The summed E-state index contributed by atoms with van der Waals surface area (Å²) in [5.41, 5.74) is 0. The molecule has 144 valence electrons. The molecule has 1 aromatic rings. The molecular formula is C18H28N4O2S2. The van der Waals surface area contributed by atoms with Crippen molar-refractivity contribution in [3.8, 4) is 0 Å². The van der Waals surface area contributed by atoms with Crippen molar-refractivity contribution in [1.82, 2.24) is 14.8 Å². The molecule has 0 radical (unpaired) electrons. The number of thiazole rings is 1. The van der Waals surface area contributed by atoms with Crippen LogP contribution in [0.1, 0.15) is 52.4 Å². The van der Waals surface area contributed by atoms with Crippen LogP contribution in [-0.2, 0) is 4.79 Å². The van der Waals surface area contributed by atoms with Gasteiger partial charge in [0.2, 0.25) is 5.91 Å². The highest BCUT2D eigenvalue weighted by atomic mass is 32.2. The number of nitrogens with one attached hydrogen (secondary N) is 1. The van der Waals surface area contributed by atoms with Gasteiger partial charge in [-0.2, -0.15) is 0 Å². The van der Waals surface area contributed by atoms with Crippen LogP contribution in [0.25, 0.3) is 0 Å². The number of carbonyl (C=O) groups excluding carboxylic acids is 2. The summed E-state index contributed by atoms with van der Waals surface area (Å²) in [7, 11) is 0. The second kappa shape index (κ2) is 8.61. The largest absolute Gasteiger partial charge is 0.343 e. The lowest BCUT2D eigenvalue weighted by Gasteiger charge is -2.44. The molecule has 1 aliphatic heterocycles. The number of carbonyl (C=O) groups is 2. The third-order valence-electron chi connectivity index (χ3n) is 5.62. The molecular weight excluding hydrogens is 368 g/mol. The SMILES string of the molecule is CC(=O)N1CCC(N(C(=O)Nc2ncc(S)s2)C2CCC(C)CC2)CC1. The van der Waals surface area contributed by atoms with Gasteiger partial charge in [0.15, 0.2) is 5.13 Å². The lowest BCUT2D eigenvalue weighted by atomic mass is 9.85. The Morgan fingerprint density at radius 2 is 1.81 bits per heavy atom. The summed E-state index contributed by atoms with van der Waals surface area (Å²) in [6.45, 7) is 5.36. The number of thiol groups is 1. The van der Waals surface area contributed by atoms with E-state index in [-0.39, 0.29) is 24.0 Å². The van der Waals surface area contributed by atoms with Gasteiger partial charge in [-0.05, 0) is 44.4 Å². The molecule has 26 heavy (non-hydrogen) atoms. The minimum Gasteiger partial charge on any atom is -0.343 e. The fraction of sp³-hybridized carbons (Fsp3) is 0.722. The van der Waals surface area contributed by atoms with Crippen molar-refractivity contribution in [3.63, 3.8) is 0 Å². The Morgan fingerprint density at radius 3 is 2.35 bits per heavy atom. The minimum absolute atomic E-state index is 0.0616. The number of amides is 3. The molecule has 8 heteroatoms. The number of nitrogens with zero attached hydrogens (tertiary/aromatic N) is 3. The number of aromatic nitrogens is 1. The summed E-state index contributed by atoms with van der Waals surface area (Å²) in [6, 6.07) is 0.392. The predicted molar refractivity (Wildman–Crippen MR) is 107 cm³/mol. The zero-order valence-electron chi connectivity index (χ0n) is 15.5. The Balaban J connectivity index is 1.71. The highest BCUT2D eigenvalue weighted by Gasteiger charge is 2.35. The van der Waals surface area contributed by atoms with Crippen LogP contribution < -0.4 is 5.32 Å². The van der Waals surface area contributed by atoms with Crippen molar-refractivity contribution in [2.24, 2.45) is 5.92 Å². The normalized spacial score (nSPS) is 24.3. The first kappa shape index (κ1) is 19.5. The number of hydrogen-bond donors (Lipinski definition) is 2. The molecule has 1 saturated carbocycles. The number of likely N-dealkylation sites (tertiary alicyclic amines) is 1. The van der Waals surface area contributed by atoms with Crippen molar-refractivity contribution in [1.29, 1.82) is 0 Å². The van der Waals surface area contributed by atoms with Crippen molar-refractivity contribution in [3.05, 3.63) is 6.20 Å². The number of anilines is 1. The maximum atomic E-state index is 13.1. The maximum Gasteiger partial charge on any atom is 0.324 e. The van der Waals surface area contributed by atoms with E-state index in [0.29, 0.717) is 5.13 Å². The molecule has 2 fully saturated rings. The van der Waals surface area contributed by atoms with E-state index in [9.17, 15) is 9.59 Å². The van der Waals surface area contributed by atoms with Gasteiger partial charge in [-0.25, -0.2) is 9.78 Å². The van der Waals surface area contributed by atoms with E-state index in [1.807, 2.05) is 4.90 Å². The molecule has 2 aliphatic rings. The maximum absolute atomic E-state index is 13.1. The molecule has 6 nitrogen and oxygen atoms in total. The van der Waals surface area contributed by atoms with Gasteiger partial charge in [-0.3, -0.25) is 10.1 Å². The zero-order valence-corrected chi connectivity index (χ0v) is 17.2. The molecule has 3 rings (SSSR count). The zero-order chi connectivity index (χ0) is 18.7. The standard InChI is InChI=1S/C18H28N4O2S2/c1-12-3-5-14(6-4-12)22(15-7-9-21(10-8-15)13(2)23)18(24)20-17-19-11-16(25)26-17/h11-12,14-15,25H,3-10H2,1-2H3,(H,19,20,24). The monoisotopic (exact) mass is 396 g/mol. The molecule has 2 heterocycles. The average Bonchev–Trinajstić information content (AvgIpc) is 3.02. The summed E-state index contributed by atoms with van der Waals surface area (Å²) in [4.78, 5) is 32.8. The Bertz CT molecular complexity index is 635. The van der Waals surface area contributed by atoms with E-state index in [1.54, 1.807) is 13.1 Å². The van der Waals surface area contributed by atoms with E-state index in [0.717, 1.165) is 48.9 Å². The number of rotatable bonds is 3. The first-order chi connectivity index (χ1) is 12.4. The molecule has 0 bridgehead atoms. The van der Waals surface area contributed by atoms with E-state index in [1.165, 1.54) is 24.2 Å². The van der Waals surface area contributed by atoms with E-state index in [2.05, 4.69) is 34.8 Å². The molecule has 0 atom stereocenters. The molecule has 0 spiro atoms. The predicted octanol–water partition coefficient (Wildman–Crippen LogP) is 3.86. The number of hydrogen-bond acceptors (Lipinski definition) is 5. The van der Waals surface area contributed by atoms with Gasteiger partial charge in [-0.1, -0.05) is 18.3 Å². The summed E-state index contributed by atoms with van der Waals surface area (Å²) >= 11 is 5.65. The third-order valence-corrected chi connectivity index (χ3v) is 6.73. The van der Waals surface area contributed by atoms with Gasteiger partial charge in [-0.15, -0.1) is 12.6 Å². The Morgan fingerprint density at radius 1 is 1.19 bits per heavy atom. The molecule has 0 unspecified atom stereocenters. The quantitative estimate of drug-likeness (QED) is 0.763. The lowest BCUT2D eigenvalue weighted by Crippen LogP contribution is -2.54. The molecule has 0 aromatic carbocycles. The molecule has 1 N–H and O–H groups in total. The Labute approximate surface area is 164 Å². The summed E-state index contributed by atoms with van der Waals surface area (Å²) < 4.78 is 0.785. The summed E-state index contributed by atoms with van der Waals surface area (Å²) in [5, 5.41) is 3.56. The van der Waals surface area contributed by atoms with Crippen LogP contribution in [0, 0.1) is 5.92 Å². The minimum atomic E-state index is -0.0616.